The Labute approximate surface area is 128 Å². The third kappa shape index (κ3) is 4.69. The number of carboxylic acids is 1. The van der Waals surface area contributed by atoms with Gasteiger partial charge >= 0.3 is 5.97 Å². The molecule has 0 heterocycles. The molecule has 4 nitrogen and oxygen atoms in total. The van der Waals surface area contributed by atoms with Gasteiger partial charge in [0.15, 0.2) is 0 Å². The molecule has 1 amide bonds. The van der Waals surface area contributed by atoms with Gasteiger partial charge in [0.05, 0.1) is 0 Å². The molecule has 110 valence electrons. The first-order valence-electron chi connectivity index (χ1n) is 6.32. The highest BCUT2D eigenvalue weighted by Crippen LogP contribution is 2.23. The van der Waals surface area contributed by atoms with Crippen molar-refractivity contribution in [2.45, 2.75) is 32.7 Å². The topological polar surface area (TPSA) is 66.4 Å². The highest BCUT2D eigenvalue weighted by molar-refractivity contribution is 6.35. The van der Waals surface area contributed by atoms with E-state index >= 15 is 0 Å². The van der Waals surface area contributed by atoms with Crippen molar-refractivity contribution in [1.82, 2.24) is 5.32 Å². The van der Waals surface area contributed by atoms with Crippen LogP contribution in [-0.2, 0) is 16.0 Å². The zero-order valence-corrected chi connectivity index (χ0v) is 12.8. The molecule has 2 unspecified atom stereocenters. The molecule has 6 heteroatoms. The van der Waals surface area contributed by atoms with Crippen molar-refractivity contribution in [2.24, 2.45) is 5.92 Å². The van der Waals surface area contributed by atoms with Gasteiger partial charge in [0.2, 0.25) is 5.91 Å². The Morgan fingerprint density at radius 1 is 1.35 bits per heavy atom. The minimum Gasteiger partial charge on any atom is -0.480 e. The average molecular weight is 318 g/mol. The van der Waals surface area contributed by atoms with E-state index in [1.807, 2.05) is 0 Å². The molecule has 1 aromatic rings. The highest BCUT2D eigenvalue weighted by atomic mass is 35.5. The summed E-state index contributed by atoms with van der Waals surface area (Å²) in [6, 6.07) is 4.24. The van der Waals surface area contributed by atoms with Crippen molar-refractivity contribution in [2.75, 3.05) is 0 Å². The number of carbonyl (C=O) groups is 2. The maximum atomic E-state index is 12.0. The van der Waals surface area contributed by atoms with Gasteiger partial charge in [0.25, 0.3) is 0 Å². The third-order valence-corrected chi connectivity index (χ3v) is 3.60. The quantitative estimate of drug-likeness (QED) is 0.847. The van der Waals surface area contributed by atoms with E-state index in [0.717, 1.165) is 5.56 Å². The van der Waals surface area contributed by atoms with E-state index in [1.165, 1.54) is 0 Å². The summed E-state index contributed by atoms with van der Waals surface area (Å²) in [7, 11) is 0. The van der Waals surface area contributed by atoms with Crippen molar-refractivity contribution < 1.29 is 14.7 Å². The molecule has 0 aromatic heterocycles. The molecular formula is C14H17Cl2NO3. The Hall–Kier alpha value is -1.26. The fraction of sp³-hybridized carbons (Fsp3) is 0.429. The van der Waals surface area contributed by atoms with Gasteiger partial charge in [-0.05, 0) is 30.5 Å². The normalized spacial score (nSPS) is 13.6. The molecule has 0 radical (unpaired) electrons. The monoisotopic (exact) mass is 317 g/mol. The molecular weight excluding hydrogens is 301 g/mol. The van der Waals surface area contributed by atoms with Crippen LogP contribution >= 0.6 is 23.2 Å². The zero-order chi connectivity index (χ0) is 15.3. The molecule has 0 saturated carbocycles. The van der Waals surface area contributed by atoms with Crippen LogP contribution in [0.4, 0.5) is 0 Å². The lowest BCUT2D eigenvalue weighted by molar-refractivity contribution is -0.142. The van der Waals surface area contributed by atoms with Crippen molar-refractivity contribution in [3.8, 4) is 0 Å². The van der Waals surface area contributed by atoms with E-state index in [-0.39, 0.29) is 11.8 Å². The molecule has 0 aliphatic carbocycles. The number of halogens is 2. The fourth-order valence-electron chi connectivity index (χ4n) is 1.76. The van der Waals surface area contributed by atoms with Crippen LogP contribution in [0, 0.1) is 5.92 Å². The van der Waals surface area contributed by atoms with Crippen molar-refractivity contribution >= 4 is 35.1 Å². The number of aliphatic carboxylic acids is 1. The predicted molar refractivity (Wildman–Crippen MR) is 79.2 cm³/mol. The number of nitrogens with one attached hydrogen (secondary N) is 1. The third-order valence-electron chi connectivity index (χ3n) is 3.01. The largest absolute Gasteiger partial charge is 0.480 e. The average Bonchev–Trinajstić information content (AvgIpc) is 2.38. The van der Waals surface area contributed by atoms with Gasteiger partial charge < -0.3 is 10.4 Å². The summed E-state index contributed by atoms with van der Waals surface area (Å²) in [5.41, 5.74) is 0.807. The second kappa shape index (κ2) is 7.50. The highest BCUT2D eigenvalue weighted by Gasteiger charge is 2.22. The first-order valence-corrected chi connectivity index (χ1v) is 7.07. The second-order valence-corrected chi connectivity index (χ2v) is 5.49. The summed E-state index contributed by atoms with van der Waals surface area (Å²) in [6.07, 6.45) is 0.771. The van der Waals surface area contributed by atoms with Gasteiger partial charge in [-0.2, -0.15) is 0 Å². The molecule has 0 spiro atoms. The summed E-state index contributed by atoms with van der Waals surface area (Å²) >= 11 is 11.9. The van der Waals surface area contributed by atoms with Gasteiger partial charge in [0.1, 0.15) is 6.04 Å². The van der Waals surface area contributed by atoms with Gasteiger partial charge in [-0.3, -0.25) is 4.79 Å². The first-order chi connectivity index (χ1) is 9.35. The Morgan fingerprint density at radius 3 is 2.50 bits per heavy atom. The van der Waals surface area contributed by atoms with Crippen LogP contribution in [0.2, 0.25) is 10.0 Å². The molecule has 1 rings (SSSR count). The number of carbonyl (C=O) groups excluding carboxylic acids is 1. The summed E-state index contributed by atoms with van der Waals surface area (Å²) in [6.45, 7) is 3.44. The summed E-state index contributed by atoms with van der Waals surface area (Å²) in [5, 5.41) is 12.5. The molecule has 1 aromatic carbocycles. The molecule has 0 aliphatic heterocycles. The summed E-state index contributed by atoms with van der Waals surface area (Å²) < 4.78 is 0. The van der Waals surface area contributed by atoms with Crippen LogP contribution in [0.3, 0.4) is 0 Å². The van der Waals surface area contributed by atoms with Crippen LogP contribution in [0.15, 0.2) is 18.2 Å². The molecule has 0 saturated heterocycles. The number of carboxylic acid groups (broad SMARTS) is 1. The number of amides is 1. The van der Waals surface area contributed by atoms with Gasteiger partial charge in [-0.25, -0.2) is 4.79 Å². The van der Waals surface area contributed by atoms with Crippen LogP contribution in [-0.4, -0.2) is 23.0 Å². The minimum atomic E-state index is -1.03. The predicted octanol–water partition coefficient (Wildman–Crippen LogP) is 3.15. The Morgan fingerprint density at radius 2 is 2.00 bits per heavy atom. The lowest BCUT2D eigenvalue weighted by Crippen LogP contribution is -2.43. The number of hydrogen-bond acceptors (Lipinski definition) is 2. The van der Waals surface area contributed by atoms with Gasteiger partial charge in [-0.1, -0.05) is 43.1 Å². The number of rotatable bonds is 6. The van der Waals surface area contributed by atoms with E-state index in [2.05, 4.69) is 5.32 Å². The maximum Gasteiger partial charge on any atom is 0.326 e. The Bertz CT molecular complexity index is 505. The summed E-state index contributed by atoms with van der Waals surface area (Å²) in [4.78, 5) is 22.8. The standard InChI is InChI=1S/C14H17Cl2NO3/c1-3-12(14(19)20)17-13(18)8(2)6-9-4-5-10(15)7-11(9)16/h4-5,7-8,12H,3,6H2,1-2H3,(H,17,18)(H,19,20). The zero-order valence-electron chi connectivity index (χ0n) is 11.3. The Kier molecular flexibility index (Phi) is 6.30. The summed E-state index contributed by atoms with van der Waals surface area (Å²) in [5.74, 6) is -1.70. The van der Waals surface area contributed by atoms with Gasteiger partial charge in [0, 0.05) is 16.0 Å². The fourth-order valence-corrected chi connectivity index (χ4v) is 2.25. The van der Waals surface area contributed by atoms with Crippen molar-refractivity contribution in [3.05, 3.63) is 33.8 Å². The van der Waals surface area contributed by atoms with Crippen molar-refractivity contribution in [1.29, 1.82) is 0 Å². The lowest BCUT2D eigenvalue weighted by atomic mass is 10.00. The molecule has 0 fully saturated rings. The van der Waals surface area contributed by atoms with E-state index in [9.17, 15) is 9.59 Å². The minimum absolute atomic E-state index is 0.301. The van der Waals surface area contributed by atoms with Crippen molar-refractivity contribution in [3.63, 3.8) is 0 Å². The van der Waals surface area contributed by atoms with E-state index in [4.69, 9.17) is 28.3 Å². The first kappa shape index (κ1) is 16.8. The molecule has 0 bridgehead atoms. The molecule has 2 atom stereocenters. The van der Waals surface area contributed by atoms with Crippen LogP contribution < -0.4 is 5.32 Å². The SMILES string of the molecule is CCC(NC(=O)C(C)Cc1ccc(Cl)cc1Cl)C(=O)O. The maximum absolute atomic E-state index is 12.0. The van der Waals surface area contributed by atoms with Crippen LogP contribution in [0.25, 0.3) is 0 Å². The number of benzene rings is 1. The van der Waals surface area contributed by atoms with E-state index in [0.29, 0.717) is 22.9 Å². The van der Waals surface area contributed by atoms with Gasteiger partial charge in [-0.15, -0.1) is 0 Å². The Balaban J connectivity index is 2.68. The molecule has 20 heavy (non-hydrogen) atoms. The van der Waals surface area contributed by atoms with Crippen LogP contribution in [0.1, 0.15) is 25.8 Å². The molecule has 2 N–H and O–H groups in total. The number of hydrogen-bond donors (Lipinski definition) is 2. The smallest absolute Gasteiger partial charge is 0.326 e. The van der Waals surface area contributed by atoms with E-state index < -0.39 is 12.0 Å². The molecule has 0 aliphatic rings. The lowest BCUT2D eigenvalue weighted by Gasteiger charge is -2.17. The van der Waals surface area contributed by atoms with Crippen LogP contribution in [0.5, 0.6) is 0 Å². The second-order valence-electron chi connectivity index (χ2n) is 4.65. The van der Waals surface area contributed by atoms with E-state index in [1.54, 1.807) is 32.0 Å².